The topological polar surface area (TPSA) is 63.8 Å². The highest BCUT2D eigenvalue weighted by atomic mass is 127. The van der Waals surface area contributed by atoms with Crippen LogP contribution in [0.15, 0.2) is 4.52 Å². The number of nitrogens with one attached hydrogen (secondary N) is 1. The second kappa shape index (κ2) is 5.85. The molecule has 0 fully saturated rings. The summed E-state index contributed by atoms with van der Waals surface area (Å²) in [6.07, 6.45) is 0.871. The molecule has 0 aliphatic rings. The molecule has 0 amide bonds. The Morgan fingerprint density at radius 3 is 2.47 bits per heavy atom. The maximum absolute atomic E-state index is 5.20. The zero-order valence-electron chi connectivity index (χ0n) is 11.5. The van der Waals surface area contributed by atoms with E-state index >= 15 is 0 Å². The van der Waals surface area contributed by atoms with Gasteiger partial charge in [0.15, 0.2) is 5.82 Å². The van der Waals surface area contributed by atoms with Crippen molar-refractivity contribution in [2.45, 2.75) is 34.1 Å². The molecule has 0 aliphatic heterocycles. The molecule has 6 heteroatoms. The van der Waals surface area contributed by atoms with Crippen LogP contribution in [0.2, 0.25) is 0 Å². The summed E-state index contributed by atoms with van der Waals surface area (Å²) in [6, 6.07) is 0. The van der Waals surface area contributed by atoms with E-state index < -0.39 is 0 Å². The van der Waals surface area contributed by atoms with Gasteiger partial charge in [0.05, 0.1) is 20.5 Å². The lowest BCUT2D eigenvalue weighted by atomic mass is 10.2. The summed E-state index contributed by atoms with van der Waals surface area (Å²) in [5.41, 5.74) is 2.76. The van der Waals surface area contributed by atoms with E-state index in [4.69, 9.17) is 4.52 Å². The van der Waals surface area contributed by atoms with Crippen molar-refractivity contribution in [3.63, 3.8) is 0 Å². The first kappa shape index (κ1) is 14.2. The minimum absolute atomic E-state index is 0.685. The summed E-state index contributed by atoms with van der Waals surface area (Å²) in [7, 11) is 0. The van der Waals surface area contributed by atoms with Gasteiger partial charge in [0, 0.05) is 6.54 Å². The number of aryl methyl sites for hydroxylation is 3. The Balaban J connectivity index is 2.61. The van der Waals surface area contributed by atoms with E-state index in [-0.39, 0.29) is 0 Å². The predicted molar refractivity (Wildman–Crippen MR) is 83.3 cm³/mol. The Hall–Kier alpha value is -1.18. The van der Waals surface area contributed by atoms with Crippen molar-refractivity contribution in [1.82, 2.24) is 15.1 Å². The van der Waals surface area contributed by atoms with Crippen molar-refractivity contribution in [2.24, 2.45) is 0 Å². The maximum atomic E-state index is 5.20. The molecule has 0 saturated carbocycles. The van der Waals surface area contributed by atoms with E-state index in [1.165, 1.54) is 0 Å². The van der Waals surface area contributed by atoms with Crippen LogP contribution in [0.4, 0.5) is 5.82 Å². The van der Waals surface area contributed by atoms with Crippen molar-refractivity contribution in [3.8, 4) is 11.4 Å². The third-order valence-corrected chi connectivity index (χ3v) is 3.99. The normalized spacial score (nSPS) is 10.8. The van der Waals surface area contributed by atoms with Gasteiger partial charge in [-0.15, -0.1) is 0 Å². The van der Waals surface area contributed by atoms with Crippen molar-refractivity contribution >= 4 is 28.4 Å². The largest absolute Gasteiger partial charge is 0.369 e. The molecule has 0 bridgehead atoms. The second-order valence-corrected chi connectivity index (χ2v) is 5.32. The first-order valence-corrected chi connectivity index (χ1v) is 7.39. The molecule has 0 aromatic carbocycles. The zero-order chi connectivity index (χ0) is 14.0. The van der Waals surface area contributed by atoms with E-state index in [0.29, 0.717) is 5.82 Å². The predicted octanol–water partition coefficient (Wildman–Crippen LogP) is 3.35. The van der Waals surface area contributed by atoms with Gasteiger partial charge in [-0.3, -0.25) is 0 Å². The molecule has 0 radical (unpaired) electrons. The molecule has 2 rings (SSSR count). The zero-order valence-corrected chi connectivity index (χ0v) is 13.7. The highest BCUT2D eigenvalue weighted by Gasteiger charge is 2.18. The molecule has 0 saturated heterocycles. The summed E-state index contributed by atoms with van der Waals surface area (Å²) < 4.78 is 6.28. The van der Waals surface area contributed by atoms with Crippen LogP contribution in [0.1, 0.15) is 31.0 Å². The lowest BCUT2D eigenvalue weighted by molar-refractivity contribution is 0.393. The van der Waals surface area contributed by atoms with Crippen LogP contribution < -0.4 is 5.32 Å². The first-order chi connectivity index (χ1) is 9.08. The monoisotopic (exact) mass is 372 g/mol. The van der Waals surface area contributed by atoms with E-state index in [0.717, 1.165) is 45.1 Å². The molecular weight excluding hydrogens is 355 g/mol. The average molecular weight is 372 g/mol. The van der Waals surface area contributed by atoms with Gasteiger partial charge in [-0.2, -0.15) is 0 Å². The van der Waals surface area contributed by atoms with Crippen LogP contribution in [0.3, 0.4) is 0 Å². The molecule has 2 aromatic heterocycles. The standard InChI is InChI=1S/C13H17IN4O/c1-5-9-11(14)13(15-6-2)17-12(16-9)10-7(3)18-19-8(10)4/h5-6H2,1-4H3,(H,15,16,17). The smallest absolute Gasteiger partial charge is 0.167 e. The molecular formula is C13H17IN4O. The Labute approximate surface area is 126 Å². The Morgan fingerprint density at radius 2 is 1.95 bits per heavy atom. The van der Waals surface area contributed by atoms with Gasteiger partial charge in [-0.05, 0) is 49.8 Å². The number of aromatic nitrogens is 3. The number of rotatable bonds is 4. The minimum Gasteiger partial charge on any atom is -0.369 e. The molecule has 19 heavy (non-hydrogen) atoms. The van der Waals surface area contributed by atoms with Gasteiger partial charge in [0.1, 0.15) is 11.6 Å². The van der Waals surface area contributed by atoms with Gasteiger partial charge in [-0.1, -0.05) is 12.1 Å². The first-order valence-electron chi connectivity index (χ1n) is 6.32. The van der Waals surface area contributed by atoms with Crippen molar-refractivity contribution in [3.05, 3.63) is 20.7 Å². The van der Waals surface area contributed by atoms with Crippen molar-refractivity contribution in [2.75, 3.05) is 11.9 Å². The SMILES string of the molecule is CCNc1nc(-c2c(C)noc2C)nc(CC)c1I. The number of nitrogens with zero attached hydrogens (tertiary/aromatic N) is 3. The summed E-state index contributed by atoms with van der Waals surface area (Å²) >= 11 is 2.29. The van der Waals surface area contributed by atoms with Crippen LogP contribution in [0.5, 0.6) is 0 Å². The Bertz CT molecular complexity index is 575. The number of halogens is 1. The second-order valence-electron chi connectivity index (χ2n) is 4.24. The molecule has 1 N–H and O–H groups in total. The van der Waals surface area contributed by atoms with E-state index in [1.54, 1.807) is 0 Å². The van der Waals surface area contributed by atoms with Gasteiger partial charge >= 0.3 is 0 Å². The van der Waals surface area contributed by atoms with Gasteiger partial charge in [0.2, 0.25) is 0 Å². The van der Waals surface area contributed by atoms with Gasteiger partial charge in [-0.25, -0.2) is 9.97 Å². The maximum Gasteiger partial charge on any atom is 0.167 e. The molecule has 0 unspecified atom stereocenters. The van der Waals surface area contributed by atoms with Crippen LogP contribution in [0.25, 0.3) is 11.4 Å². The fraction of sp³-hybridized carbons (Fsp3) is 0.462. The Kier molecular flexibility index (Phi) is 4.38. The highest BCUT2D eigenvalue weighted by molar-refractivity contribution is 14.1. The Morgan fingerprint density at radius 1 is 1.21 bits per heavy atom. The molecule has 2 heterocycles. The van der Waals surface area contributed by atoms with E-state index in [2.05, 4.69) is 56.9 Å². The van der Waals surface area contributed by atoms with E-state index in [9.17, 15) is 0 Å². The highest BCUT2D eigenvalue weighted by Crippen LogP contribution is 2.28. The summed E-state index contributed by atoms with van der Waals surface area (Å²) in [4.78, 5) is 9.24. The van der Waals surface area contributed by atoms with Crippen molar-refractivity contribution in [1.29, 1.82) is 0 Å². The van der Waals surface area contributed by atoms with Crippen LogP contribution in [-0.4, -0.2) is 21.7 Å². The molecule has 5 nitrogen and oxygen atoms in total. The fourth-order valence-corrected chi connectivity index (χ4v) is 2.74. The van der Waals surface area contributed by atoms with Crippen LogP contribution >= 0.6 is 22.6 Å². The third-order valence-electron chi connectivity index (χ3n) is 2.86. The van der Waals surface area contributed by atoms with Crippen molar-refractivity contribution < 1.29 is 4.52 Å². The molecule has 2 aromatic rings. The summed E-state index contributed by atoms with van der Waals surface area (Å²) in [5, 5.41) is 7.25. The molecule has 0 spiro atoms. The average Bonchev–Trinajstić information content (AvgIpc) is 2.72. The lowest BCUT2D eigenvalue weighted by Crippen LogP contribution is -2.08. The van der Waals surface area contributed by atoms with Crippen LogP contribution in [0, 0.1) is 17.4 Å². The number of hydrogen-bond donors (Lipinski definition) is 1. The van der Waals surface area contributed by atoms with E-state index in [1.807, 2.05) is 13.8 Å². The molecule has 0 atom stereocenters. The molecule has 0 aliphatic carbocycles. The van der Waals surface area contributed by atoms with Gasteiger partial charge < -0.3 is 9.84 Å². The third kappa shape index (κ3) is 2.72. The van der Waals surface area contributed by atoms with Gasteiger partial charge in [0.25, 0.3) is 0 Å². The fourth-order valence-electron chi connectivity index (χ4n) is 1.93. The lowest BCUT2D eigenvalue weighted by Gasteiger charge is -2.11. The minimum atomic E-state index is 0.685. The number of hydrogen-bond acceptors (Lipinski definition) is 5. The molecule has 102 valence electrons. The summed E-state index contributed by atoms with van der Waals surface area (Å²) in [6.45, 7) is 8.77. The number of anilines is 1. The van der Waals surface area contributed by atoms with Crippen LogP contribution in [-0.2, 0) is 6.42 Å². The summed E-state index contributed by atoms with van der Waals surface area (Å²) in [5.74, 6) is 2.32. The quantitative estimate of drug-likeness (QED) is 0.834.